The molecule has 0 unspecified atom stereocenters. The first-order valence-corrected chi connectivity index (χ1v) is 13.5. The molecule has 1 aromatic rings. The van der Waals surface area contributed by atoms with E-state index < -0.39 is 0 Å². The van der Waals surface area contributed by atoms with E-state index in [0.29, 0.717) is 23.5 Å². The summed E-state index contributed by atoms with van der Waals surface area (Å²) in [6.07, 6.45) is 14.9. The van der Waals surface area contributed by atoms with Gasteiger partial charge < -0.3 is 9.47 Å². The van der Waals surface area contributed by atoms with Gasteiger partial charge in [0, 0.05) is 19.3 Å². The van der Waals surface area contributed by atoms with E-state index >= 15 is 0 Å². The normalized spacial score (nSPS) is 38.2. The SMILES string of the molecule is COc1ccc(/C=C/C(=O)[C@H]2CC[C@H]3[C@@H]4CC=C5C[C@@H](OC(C)=O)CC[C@]5(C)[C@H]4CC[C@]23C)cc1. The molecule has 4 aliphatic rings. The Bertz CT molecular complexity index is 1040. The summed E-state index contributed by atoms with van der Waals surface area (Å²) in [5.41, 5.74) is 2.87. The van der Waals surface area contributed by atoms with Gasteiger partial charge in [0.1, 0.15) is 11.9 Å². The van der Waals surface area contributed by atoms with E-state index in [2.05, 4.69) is 19.9 Å². The highest BCUT2D eigenvalue weighted by Gasteiger charge is 2.59. The predicted octanol–water partition coefficient (Wildman–Crippen LogP) is 6.79. The summed E-state index contributed by atoms with van der Waals surface area (Å²) in [6.45, 7) is 6.40. The lowest BCUT2D eigenvalue weighted by Gasteiger charge is -2.58. The van der Waals surface area contributed by atoms with Crippen LogP contribution in [-0.4, -0.2) is 25.0 Å². The molecule has 0 spiro atoms. The van der Waals surface area contributed by atoms with Crippen LogP contribution >= 0.6 is 0 Å². The number of hydrogen-bond donors (Lipinski definition) is 0. The molecule has 0 amide bonds. The van der Waals surface area contributed by atoms with Gasteiger partial charge in [-0.25, -0.2) is 0 Å². The first-order valence-electron chi connectivity index (χ1n) is 13.5. The van der Waals surface area contributed by atoms with Crippen molar-refractivity contribution in [2.24, 2.45) is 34.5 Å². The Morgan fingerprint density at radius 3 is 2.49 bits per heavy atom. The van der Waals surface area contributed by atoms with Gasteiger partial charge in [-0.2, -0.15) is 0 Å². The highest BCUT2D eigenvalue weighted by atomic mass is 16.5. The van der Waals surface area contributed by atoms with E-state index in [0.717, 1.165) is 49.8 Å². The molecule has 5 rings (SSSR count). The Balaban J connectivity index is 1.31. The maximum absolute atomic E-state index is 13.4. The van der Waals surface area contributed by atoms with E-state index in [1.54, 1.807) is 7.11 Å². The smallest absolute Gasteiger partial charge is 0.302 e. The minimum absolute atomic E-state index is 0.0446. The molecule has 188 valence electrons. The standard InChI is InChI=1S/C31H40O4/c1-20(32)35-24-15-17-30(2)22(19-24)8-11-25-26-12-13-28(31(26,3)18-16-27(25)30)29(33)14-7-21-5-9-23(34-4)10-6-21/h5-10,14,24-28H,11-13,15-19H2,1-4H3/b14-7+/t24-,25-,26-,27-,28+,30-,31-/m0/s1. The van der Waals surface area contributed by atoms with Gasteiger partial charge in [-0.1, -0.05) is 43.7 Å². The van der Waals surface area contributed by atoms with E-state index in [1.165, 1.54) is 25.3 Å². The molecule has 0 bridgehead atoms. The molecule has 1 aromatic carbocycles. The lowest BCUT2D eigenvalue weighted by atomic mass is 9.47. The van der Waals surface area contributed by atoms with Crippen molar-refractivity contribution in [3.63, 3.8) is 0 Å². The molecule has 0 N–H and O–H groups in total. The number of carbonyl (C=O) groups is 2. The van der Waals surface area contributed by atoms with Crippen LogP contribution in [0.2, 0.25) is 0 Å². The number of fused-ring (bicyclic) bond motifs is 5. The van der Waals surface area contributed by atoms with Crippen molar-refractivity contribution < 1.29 is 19.1 Å². The zero-order valence-corrected chi connectivity index (χ0v) is 21.7. The molecule has 0 heterocycles. The summed E-state index contributed by atoms with van der Waals surface area (Å²) in [5.74, 6) is 3.05. The fraction of sp³-hybridized carbons (Fsp3) is 0.613. The molecule has 0 saturated heterocycles. The van der Waals surface area contributed by atoms with Crippen molar-refractivity contribution in [1.82, 2.24) is 0 Å². The van der Waals surface area contributed by atoms with Crippen LogP contribution in [0.3, 0.4) is 0 Å². The van der Waals surface area contributed by atoms with Crippen molar-refractivity contribution in [2.45, 2.75) is 78.2 Å². The third-order valence-corrected chi connectivity index (χ3v) is 10.3. The zero-order valence-electron chi connectivity index (χ0n) is 21.7. The topological polar surface area (TPSA) is 52.6 Å². The van der Waals surface area contributed by atoms with E-state index in [4.69, 9.17) is 9.47 Å². The second-order valence-electron chi connectivity index (χ2n) is 11.9. The summed E-state index contributed by atoms with van der Waals surface area (Å²) >= 11 is 0. The summed E-state index contributed by atoms with van der Waals surface area (Å²) in [7, 11) is 1.66. The van der Waals surface area contributed by atoms with Gasteiger partial charge in [0.15, 0.2) is 5.78 Å². The Kier molecular flexibility index (Phi) is 6.44. The minimum Gasteiger partial charge on any atom is -0.497 e. The van der Waals surface area contributed by atoms with Crippen LogP contribution in [0, 0.1) is 34.5 Å². The fourth-order valence-corrected chi connectivity index (χ4v) is 8.44. The Morgan fingerprint density at radius 1 is 1.00 bits per heavy atom. The lowest BCUT2D eigenvalue weighted by molar-refractivity contribution is -0.149. The largest absolute Gasteiger partial charge is 0.497 e. The van der Waals surface area contributed by atoms with E-state index in [-0.39, 0.29) is 28.8 Å². The van der Waals surface area contributed by atoms with Crippen LogP contribution in [0.25, 0.3) is 6.08 Å². The second kappa shape index (κ2) is 9.26. The molecule has 4 nitrogen and oxygen atoms in total. The number of ether oxygens (including phenoxy) is 2. The van der Waals surface area contributed by atoms with Crippen molar-refractivity contribution in [2.75, 3.05) is 7.11 Å². The maximum atomic E-state index is 13.4. The molecule has 35 heavy (non-hydrogen) atoms. The van der Waals surface area contributed by atoms with Crippen molar-refractivity contribution in [3.8, 4) is 5.75 Å². The van der Waals surface area contributed by atoms with Crippen LogP contribution in [0.4, 0.5) is 0 Å². The Labute approximate surface area is 210 Å². The molecule has 7 atom stereocenters. The zero-order chi connectivity index (χ0) is 24.8. The number of methoxy groups -OCH3 is 1. The molecule has 3 saturated carbocycles. The molecular formula is C31H40O4. The maximum Gasteiger partial charge on any atom is 0.302 e. The van der Waals surface area contributed by atoms with Gasteiger partial charge in [0.25, 0.3) is 0 Å². The summed E-state index contributed by atoms with van der Waals surface area (Å²) in [4.78, 5) is 24.9. The molecule has 4 aliphatic carbocycles. The van der Waals surface area contributed by atoms with Crippen LogP contribution in [0.1, 0.15) is 77.7 Å². The summed E-state index contributed by atoms with van der Waals surface area (Å²) < 4.78 is 10.8. The fourth-order valence-electron chi connectivity index (χ4n) is 8.44. The van der Waals surface area contributed by atoms with Gasteiger partial charge in [-0.3, -0.25) is 9.59 Å². The van der Waals surface area contributed by atoms with Crippen molar-refractivity contribution in [1.29, 1.82) is 0 Å². The van der Waals surface area contributed by atoms with Crippen molar-refractivity contribution >= 4 is 17.8 Å². The lowest BCUT2D eigenvalue weighted by Crippen LogP contribution is -2.51. The highest BCUT2D eigenvalue weighted by molar-refractivity contribution is 5.96. The second-order valence-corrected chi connectivity index (χ2v) is 11.9. The minimum atomic E-state index is -0.163. The van der Waals surface area contributed by atoms with E-state index in [9.17, 15) is 9.59 Å². The number of carbonyl (C=O) groups excluding carboxylic acids is 2. The predicted molar refractivity (Wildman–Crippen MR) is 138 cm³/mol. The first-order chi connectivity index (χ1) is 16.7. The van der Waals surface area contributed by atoms with Crippen LogP contribution in [0.15, 0.2) is 42.0 Å². The molecule has 3 fully saturated rings. The first kappa shape index (κ1) is 24.3. The van der Waals surface area contributed by atoms with Crippen LogP contribution in [0.5, 0.6) is 5.75 Å². The molecular weight excluding hydrogens is 436 g/mol. The highest BCUT2D eigenvalue weighted by Crippen LogP contribution is 2.66. The number of hydrogen-bond acceptors (Lipinski definition) is 4. The van der Waals surface area contributed by atoms with Crippen LogP contribution in [-0.2, 0) is 14.3 Å². The molecule has 0 aromatic heterocycles. The third kappa shape index (κ3) is 4.27. The third-order valence-electron chi connectivity index (χ3n) is 10.3. The van der Waals surface area contributed by atoms with Gasteiger partial charge >= 0.3 is 5.97 Å². The quantitative estimate of drug-likeness (QED) is 0.267. The Morgan fingerprint density at radius 2 is 1.77 bits per heavy atom. The van der Waals surface area contributed by atoms with Gasteiger partial charge in [0.2, 0.25) is 0 Å². The molecule has 4 heteroatoms. The average Bonchev–Trinajstić information content (AvgIpc) is 3.20. The number of benzene rings is 1. The van der Waals surface area contributed by atoms with Crippen molar-refractivity contribution in [3.05, 3.63) is 47.6 Å². The van der Waals surface area contributed by atoms with E-state index in [1.807, 2.05) is 36.4 Å². The van der Waals surface area contributed by atoms with Crippen LogP contribution < -0.4 is 4.74 Å². The number of allylic oxidation sites excluding steroid dienone is 2. The number of esters is 1. The summed E-state index contributed by atoms with van der Waals surface area (Å²) in [5, 5.41) is 0. The number of rotatable bonds is 5. The van der Waals surface area contributed by atoms with Gasteiger partial charge in [-0.05, 0) is 97.3 Å². The summed E-state index contributed by atoms with van der Waals surface area (Å²) in [6, 6.07) is 7.86. The Hall–Kier alpha value is -2.36. The number of ketones is 1. The van der Waals surface area contributed by atoms with Gasteiger partial charge in [-0.15, -0.1) is 0 Å². The van der Waals surface area contributed by atoms with Gasteiger partial charge in [0.05, 0.1) is 7.11 Å². The average molecular weight is 477 g/mol. The molecule has 0 aliphatic heterocycles. The monoisotopic (exact) mass is 476 g/mol. The molecule has 0 radical (unpaired) electrons.